The van der Waals surface area contributed by atoms with Gasteiger partial charge in [0.15, 0.2) is 0 Å². The number of hydrogen-bond donors (Lipinski definition) is 0. The summed E-state index contributed by atoms with van der Waals surface area (Å²) in [5.41, 5.74) is 1.45. The van der Waals surface area contributed by atoms with Gasteiger partial charge in [0.05, 0.1) is 5.70 Å². The molecule has 0 bridgehead atoms. The van der Waals surface area contributed by atoms with Crippen molar-refractivity contribution in [3.63, 3.8) is 0 Å². The normalized spacial score (nSPS) is 15.9. The van der Waals surface area contributed by atoms with Crippen LogP contribution in [0.4, 0.5) is 0 Å². The molecule has 0 aromatic heterocycles. The van der Waals surface area contributed by atoms with Crippen LogP contribution >= 0.6 is 0 Å². The first-order valence-electron chi connectivity index (χ1n) is 8.30. The van der Waals surface area contributed by atoms with Crippen LogP contribution in [0.25, 0.3) is 0 Å². The molecule has 0 saturated heterocycles. The summed E-state index contributed by atoms with van der Waals surface area (Å²) in [5.74, 6) is 0.641. The van der Waals surface area contributed by atoms with Crippen LogP contribution in [0.5, 0.6) is 0 Å². The largest absolute Gasteiger partial charge is 0.341 e. The minimum absolute atomic E-state index is 0.515. The lowest BCUT2D eigenvalue weighted by Crippen LogP contribution is -2.37. The van der Waals surface area contributed by atoms with E-state index in [1.165, 1.54) is 38.5 Å². The van der Waals surface area contributed by atoms with Crippen LogP contribution < -0.4 is 0 Å². The van der Waals surface area contributed by atoms with Gasteiger partial charge in [-0.15, -0.1) is 0 Å². The highest BCUT2D eigenvalue weighted by atomic mass is 15.3. The average Bonchev–Trinajstić information content (AvgIpc) is 2.53. The van der Waals surface area contributed by atoms with Gasteiger partial charge < -0.3 is 4.90 Å². The highest BCUT2D eigenvalue weighted by Gasteiger charge is 2.20. The van der Waals surface area contributed by atoms with Gasteiger partial charge in [0, 0.05) is 13.1 Å². The predicted molar refractivity (Wildman–Crippen MR) is 101 cm³/mol. The first kappa shape index (κ1) is 20.4. The van der Waals surface area contributed by atoms with Crippen molar-refractivity contribution in [1.29, 1.82) is 0 Å². The summed E-state index contributed by atoms with van der Waals surface area (Å²) in [6.45, 7) is 17.7. The van der Waals surface area contributed by atoms with Crippen molar-refractivity contribution in [3.05, 3.63) is 36.6 Å². The van der Waals surface area contributed by atoms with E-state index in [0.717, 1.165) is 5.57 Å². The summed E-state index contributed by atoms with van der Waals surface area (Å²) >= 11 is 0. The predicted octanol–water partition coefficient (Wildman–Crippen LogP) is 5.37. The summed E-state index contributed by atoms with van der Waals surface area (Å²) in [6, 6.07) is 0.515. The molecule has 0 unspecified atom stereocenters. The van der Waals surface area contributed by atoms with Gasteiger partial charge in [-0.3, -0.25) is 0 Å². The van der Waals surface area contributed by atoms with Gasteiger partial charge in [0.2, 0.25) is 5.96 Å². The minimum atomic E-state index is 0.515. The fourth-order valence-corrected chi connectivity index (χ4v) is 2.35. The van der Waals surface area contributed by atoms with Gasteiger partial charge in [-0.1, -0.05) is 64.8 Å². The molecule has 1 fully saturated rings. The van der Waals surface area contributed by atoms with E-state index in [2.05, 4.69) is 48.6 Å². The molecule has 1 aliphatic rings. The molecule has 0 heterocycles. The number of aliphatic imine (C=N–C) groups is 2. The van der Waals surface area contributed by atoms with Gasteiger partial charge in [0.1, 0.15) is 0 Å². The summed E-state index contributed by atoms with van der Waals surface area (Å²) in [4.78, 5) is 10.6. The second-order valence-corrected chi connectivity index (χ2v) is 5.65. The third kappa shape index (κ3) is 7.39. The summed E-state index contributed by atoms with van der Waals surface area (Å²) < 4.78 is 0. The van der Waals surface area contributed by atoms with E-state index in [0.29, 0.717) is 17.7 Å². The smallest absolute Gasteiger partial charge is 0.225 e. The molecular weight excluding hydrogens is 270 g/mol. The molecule has 3 heteroatoms. The molecule has 0 spiro atoms. The minimum Gasteiger partial charge on any atom is -0.341 e. The standard InChI is InChI=1S/C16H25N3.C3H8/c1-6-10-13(2)14(3)18-16(17-4)19(5)15-11-8-7-9-12-15;1-3-2/h6,10,15H,2-4,7-9,11-12H2,1,5H3;3H2,1-2H3/b10-6-,18-16?;. The van der Waals surface area contributed by atoms with Gasteiger partial charge in [-0.05, 0) is 32.1 Å². The molecule has 0 aromatic rings. The molecule has 1 rings (SSSR count). The van der Waals surface area contributed by atoms with E-state index in [4.69, 9.17) is 0 Å². The Labute approximate surface area is 137 Å². The maximum absolute atomic E-state index is 4.46. The Morgan fingerprint density at radius 1 is 1.18 bits per heavy atom. The Morgan fingerprint density at radius 2 is 1.73 bits per heavy atom. The first-order valence-corrected chi connectivity index (χ1v) is 8.30. The summed E-state index contributed by atoms with van der Waals surface area (Å²) in [7, 11) is 2.04. The fraction of sp³-hybridized carbons (Fsp3) is 0.579. The Balaban J connectivity index is 0.00000135. The molecule has 0 radical (unpaired) electrons. The molecular formula is C19H33N3. The number of nitrogens with zero attached hydrogens (tertiary/aromatic N) is 3. The monoisotopic (exact) mass is 303 g/mol. The lowest BCUT2D eigenvalue weighted by Gasteiger charge is -2.31. The van der Waals surface area contributed by atoms with Crippen LogP contribution in [0.15, 0.2) is 46.6 Å². The quantitative estimate of drug-likeness (QED) is 0.390. The van der Waals surface area contributed by atoms with Crippen LogP contribution in [-0.2, 0) is 0 Å². The van der Waals surface area contributed by atoms with Crippen molar-refractivity contribution in [1.82, 2.24) is 4.90 Å². The van der Waals surface area contributed by atoms with Crippen molar-refractivity contribution in [2.45, 2.75) is 65.3 Å². The number of hydrogen-bond acceptors (Lipinski definition) is 1. The maximum atomic E-state index is 4.46. The van der Waals surface area contributed by atoms with Crippen molar-refractivity contribution in [3.8, 4) is 0 Å². The molecule has 0 N–H and O–H groups in total. The zero-order valence-corrected chi connectivity index (χ0v) is 14.9. The first-order chi connectivity index (χ1) is 10.5. The van der Waals surface area contributed by atoms with Gasteiger partial charge >= 0.3 is 0 Å². The van der Waals surface area contributed by atoms with Crippen molar-refractivity contribution in [2.24, 2.45) is 9.98 Å². The summed E-state index contributed by atoms with van der Waals surface area (Å²) in [6.07, 6.45) is 11.4. The average molecular weight is 303 g/mol. The topological polar surface area (TPSA) is 28.0 Å². The van der Waals surface area contributed by atoms with Crippen LogP contribution in [-0.4, -0.2) is 30.7 Å². The third-order valence-corrected chi connectivity index (χ3v) is 3.55. The molecule has 1 aliphatic carbocycles. The number of rotatable bonds is 4. The lowest BCUT2D eigenvalue weighted by molar-refractivity contribution is 0.276. The Kier molecular flexibility index (Phi) is 11.1. The molecule has 0 amide bonds. The molecule has 22 heavy (non-hydrogen) atoms. The van der Waals surface area contributed by atoms with Crippen molar-refractivity contribution in [2.75, 3.05) is 7.05 Å². The van der Waals surface area contributed by atoms with E-state index in [-0.39, 0.29) is 0 Å². The van der Waals surface area contributed by atoms with Crippen LogP contribution in [0, 0.1) is 0 Å². The van der Waals surface area contributed by atoms with Crippen LogP contribution in [0.3, 0.4) is 0 Å². The Morgan fingerprint density at radius 3 is 2.18 bits per heavy atom. The Hall–Kier alpha value is -1.64. The van der Waals surface area contributed by atoms with E-state index in [9.17, 15) is 0 Å². The molecule has 0 aliphatic heterocycles. The van der Waals surface area contributed by atoms with Crippen molar-refractivity contribution < 1.29 is 0 Å². The maximum Gasteiger partial charge on any atom is 0.225 e. The zero-order chi connectivity index (χ0) is 17.0. The van der Waals surface area contributed by atoms with Crippen LogP contribution in [0.1, 0.15) is 59.3 Å². The fourth-order valence-electron chi connectivity index (χ4n) is 2.35. The van der Waals surface area contributed by atoms with Gasteiger partial charge in [0.25, 0.3) is 0 Å². The molecule has 3 nitrogen and oxygen atoms in total. The molecule has 1 saturated carbocycles. The molecule has 124 valence electrons. The number of allylic oxidation sites excluding steroid dienone is 2. The highest BCUT2D eigenvalue weighted by Crippen LogP contribution is 2.22. The second-order valence-electron chi connectivity index (χ2n) is 5.65. The SMILES string of the molecule is C=NC(=NC(=C)C(=C)/C=C\C)N(C)C1CCCCC1.CCC. The highest BCUT2D eigenvalue weighted by molar-refractivity contribution is 5.85. The van der Waals surface area contributed by atoms with E-state index in [1.807, 2.05) is 26.1 Å². The van der Waals surface area contributed by atoms with E-state index < -0.39 is 0 Å². The third-order valence-electron chi connectivity index (χ3n) is 3.55. The van der Waals surface area contributed by atoms with E-state index in [1.54, 1.807) is 0 Å². The van der Waals surface area contributed by atoms with Gasteiger partial charge in [-0.2, -0.15) is 0 Å². The number of guanidine groups is 1. The van der Waals surface area contributed by atoms with Crippen LogP contribution in [0.2, 0.25) is 0 Å². The van der Waals surface area contributed by atoms with Crippen molar-refractivity contribution >= 4 is 12.7 Å². The molecule has 0 aromatic carbocycles. The van der Waals surface area contributed by atoms with Gasteiger partial charge in [-0.25, -0.2) is 9.98 Å². The second kappa shape index (κ2) is 12.0. The zero-order valence-electron chi connectivity index (χ0n) is 14.9. The Bertz CT molecular complexity index is 412. The van der Waals surface area contributed by atoms with E-state index >= 15 is 0 Å². The molecule has 0 atom stereocenters. The lowest BCUT2D eigenvalue weighted by atomic mass is 9.95. The summed E-state index contributed by atoms with van der Waals surface area (Å²) in [5, 5.41) is 0.